The molecule has 138 valence electrons. The van der Waals surface area contributed by atoms with Crippen LogP contribution in [0.1, 0.15) is 12.8 Å². The van der Waals surface area contributed by atoms with Crippen LogP contribution in [0.4, 0.5) is 5.95 Å². The molecule has 1 aliphatic rings. The van der Waals surface area contributed by atoms with Crippen molar-refractivity contribution in [1.82, 2.24) is 15.3 Å². The lowest BCUT2D eigenvalue weighted by atomic mass is 10.1. The second-order valence-corrected chi connectivity index (χ2v) is 6.70. The summed E-state index contributed by atoms with van der Waals surface area (Å²) in [4.78, 5) is 23.0. The van der Waals surface area contributed by atoms with Gasteiger partial charge in [0, 0.05) is 31.5 Å². The monoisotopic (exact) mass is 362 g/mol. The summed E-state index contributed by atoms with van der Waals surface area (Å²) in [5.41, 5.74) is 0. The highest BCUT2D eigenvalue weighted by Crippen LogP contribution is 2.20. The predicted octanol–water partition coefficient (Wildman–Crippen LogP) is 2.79. The smallest absolute Gasteiger partial charge is 0.258 e. The minimum atomic E-state index is -0.107. The van der Waals surface area contributed by atoms with Crippen LogP contribution in [0.3, 0.4) is 0 Å². The van der Waals surface area contributed by atoms with E-state index in [4.69, 9.17) is 4.74 Å². The molecule has 4 rings (SSSR count). The van der Waals surface area contributed by atoms with Crippen LogP contribution >= 0.6 is 0 Å². The van der Waals surface area contributed by atoms with E-state index in [1.807, 2.05) is 36.4 Å². The molecular weight excluding hydrogens is 340 g/mol. The van der Waals surface area contributed by atoms with E-state index in [-0.39, 0.29) is 18.6 Å². The number of benzene rings is 2. The molecule has 0 unspecified atom stereocenters. The van der Waals surface area contributed by atoms with E-state index in [9.17, 15) is 4.79 Å². The maximum absolute atomic E-state index is 12.3. The van der Waals surface area contributed by atoms with E-state index in [1.54, 1.807) is 18.5 Å². The molecule has 2 heterocycles. The van der Waals surface area contributed by atoms with Gasteiger partial charge in [0.1, 0.15) is 5.75 Å². The largest absolute Gasteiger partial charge is 0.484 e. The molecule has 6 nitrogen and oxygen atoms in total. The zero-order chi connectivity index (χ0) is 18.5. The summed E-state index contributed by atoms with van der Waals surface area (Å²) in [6.45, 7) is 1.63. The third kappa shape index (κ3) is 4.34. The maximum atomic E-state index is 12.3. The first kappa shape index (κ1) is 17.3. The Kier molecular flexibility index (Phi) is 5.14. The fourth-order valence-electron chi connectivity index (χ4n) is 3.41. The molecule has 2 aromatic carbocycles. The third-order valence-corrected chi connectivity index (χ3v) is 4.71. The van der Waals surface area contributed by atoms with Crippen molar-refractivity contribution in [3.8, 4) is 5.75 Å². The molecule has 0 aliphatic carbocycles. The van der Waals surface area contributed by atoms with Gasteiger partial charge in [-0.3, -0.25) is 4.79 Å². The summed E-state index contributed by atoms with van der Waals surface area (Å²) in [5, 5.41) is 5.32. The number of hydrogen-bond donors (Lipinski definition) is 1. The summed E-state index contributed by atoms with van der Waals surface area (Å²) in [6, 6.07) is 15.8. The lowest BCUT2D eigenvalue weighted by Crippen LogP contribution is -2.49. The second-order valence-electron chi connectivity index (χ2n) is 6.70. The molecule has 6 heteroatoms. The minimum Gasteiger partial charge on any atom is -0.484 e. The standard InChI is InChI=1S/C21H22N4O2/c26-20(15-27-19-9-8-16-5-1-2-6-17(16)13-19)24-18-7-3-12-25(14-18)21-22-10-4-11-23-21/h1-2,4-6,8-11,13,18H,3,7,12,14-15H2,(H,24,26)/t18-/m0/s1. The maximum Gasteiger partial charge on any atom is 0.258 e. The Balaban J connectivity index is 1.30. The van der Waals surface area contributed by atoms with Crippen LogP contribution in [-0.2, 0) is 4.79 Å². The van der Waals surface area contributed by atoms with E-state index in [2.05, 4.69) is 26.3 Å². The number of nitrogens with one attached hydrogen (secondary N) is 1. The number of amides is 1. The molecule has 0 radical (unpaired) electrons. The van der Waals surface area contributed by atoms with Crippen LogP contribution in [-0.4, -0.2) is 41.6 Å². The summed E-state index contributed by atoms with van der Waals surface area (Å²) in [6.07, 6.45) is 5.42. The second kappa shape index (κ2) is 8.03. The number of carbonyl (C=O) groups excluding carboxylic acids is 1. The van der Waals surface area contributed by atoms with Crippen LogP contribution in [0.2, 0.25) is 0 Å². The van der Waals surface area contributed by atoms with Gasteiger partial charge in [-0.05, 0) is 41.8 Å². The summed E-state index contributed by atoms with van der Waals surface area (Å²) in [5.74, 6) is 1.31. The number of ether oxygens (including phenoxy) is 1. The highest BCUT2D eigenvalue weighted by atomic mass is 16.5. The van der Waals surface area contributed by atoms with Gasteiger partial charge in [-0.1, -0.05) is 30.3 Å². The van der Waals surface area contributed by atoms with Crippen molar-refractivity contribution in [1.29, 1.82) is 0 Å². The van der Waals surface area contributed by atoms with Gasteiger partial charge in [0.25, 0.3) is 5.91 Å². The van der Waals surface area contributed by atoms with Crippen molar-refractivity contribution in [2.75, 3.05) is 24.6 Å². The first-order valence-electron chi connectivity index (χ1n) is 9.21. The first-order valence-corrected chi connectivity index (χ1v) is 9.21. The highest BCUT2D eigenvalue weighted by Gasteiger charge is 2.23. The van der Waals surface area contributed by atoms with E-state index in [1.165, 1.54) is 0 Å². The average Bonchev–Trinajstić information content (AvgIpc) is 2.73. The lowest BCUT2D eigenvalue weighted by molar-refractivity contribution is -0.123. The molecular formula is C21H22N4O2. The molecule has 1 amide bonds. The Hall–Kier alpha value is -3.15. The third-order valence-electron chi connectivity index (χ3n) is 4.71. The van der Waals surface area contributed by atoms with Gasteiger partial charge in [-0.15, -0.1) is 0 Å². The van der Waals surface area contributed by atoms with Crippen molar-refractivity contribution >= 4 is 22.6 Å². The Bertz CT molecular complexity index is 916. The summed E-state index contributed by atoms with van der Waals surface area (Å²) < 4.78 is 5.68. The van der Waals surface area contributed by atoms with Crippen molar-refractivity contribution in [3.05, 3.63) is 60.9 Å². The molecule has 1 aliphatic heterocycles. The Morgan fingerprint density at radius 1 is 1.11 bits per heavy atom. The first-order chi connectivity index (χ1) is 13.3. The summed E-state index contributed by atoms with van der Waals surface area (Å²) >= 11 is 0. The van der Waals surface area contributed by atoms with Gasteiger partial charge >= 0.3 is 0 Å². The number of fused-ring (bicyclic) bond motifs is 1. The number of piperidine rings is 1. The van der Waals surface area contributed by atoms with Crippen LogP contribution in [0.5, 0.6) is 5.75 Å². The number of carbonyl (C=O) groups is 1. The topological polar surface area (TPSA) is 67.3 Å². The number of rotatable bonds is 5. The van der Waals surface area contributed by atoms with Gasteiger partial charge < -0.3 is 15.0 Å². The molecule has 27 heavy (non-hydrogen) atoms. The van der Waals surface area contributed by atoms with Crippen LogP contribution < -0.4 is 15.0 Å². The number of hydrogen-bond acceptors (Lipinski definition) is 5. The fraction of sp³-hybridized carbons (Fsp3) is 0.286. The molecule has 1 aromatic heterocycles. The summed E-state index contributed by atoms with van der Waals surface area (Å²) in [7, 11) is 0. The Morgan fingerprint density at radius 3 is 2.78 bits per heavy atom. The molecule has 0 saturated carbocycles. The van der Waals surface area contributed by atoms with Gasteiger partial charge in [-0.25, -0.2) is 9.97 Å². The molecule has 0 spiro atoms. The van der Waals surface area contributed by atoms with Crippen molar-refractivity contribution in [2.45, 2.75) is 18.9 Å². The number of aromatic nitrogens is 2. The van der Waals surface area contributed by atoms with Crippen LogP contribution in [0.25, 0.3) is 10.8 Å². The zero-order valence-electron chi connectivity index (χ0n) is 15.0. The fourth-order valence-corrected chi connectivity index (χ4v) is 3.41. The van der Waals surface area contributed by atoms with Gasteiger partial charge in [0.05, 0.1) is 0 Å². The quantitative estimate of drug-likeness (QED) is 0.756. The van der Waals surface area contributed by atoms with E-state index < -0.39 is 0 Å². The lowest BCUT2D eigenvalue weighted by Gasteiger charge is -2.33. The number of nitrogens with zero attached hydrogens (tertiary/aromatic N) is 3. The predicted molar refractivity (Wildman–Crippen MR) is 105 cm³/mol. The van der Waals surface area contributed by atoms with Gasteiger partial charge in [0.15, 0.2) is 6.61 Å². The molecule has 1 saturated heterocycles. The van der Waals surface area contributed by atoms with E-state index in [0.717, 1.165) is 30.2 Å². The van der Waals surface area contributed by atoms with Gasteiger partial charge in [0.2, 0.25) is 5.95 Å². The van der Waals surface area contributed by atoms with Crippen molar-refractivity contribution in [2.24, 2.45) is 0 Å². The zero-order valence-corrected chi connectivity index (χ0v) is 15.0. The number of anilines is 1. The van der Waals surface area contributed by atoms with Crippen LogP contribution in [0, 0.1) is 0 Å². The van der Waals surface area contributed by atoms with E-state index in [0.29, 0.717) is 18.2 Å². The Labute approximate surface area is 158 Å². The highest BCUT2D eigenvalue weighted by molar-refractivity contribution is 5.84. The van der Waals surface area contributed by atoms with Crippen molar-refractivity contribution in [3.63, 3.8) is 0 Å². The molecule has 0 bridgehead atoms. The van der Waals surface area contributed by atoms with Crippen LogP contribution in [0.15, 0.2) is 60.9 Å². The minimum absolute atomic E-state index is 0.0106. The van der Waals surface area contributed by atoms with E-state index >= 15 is 0 Å². The molecule has 1 atom stereocenters. The van der Waals surface area contributed by atoms with Gasteiger partial charge in [-0.2, -0.15) is 0 Å². The molecule has 1 fully saturated rings. The molecule has 3 aromatic rings. The average molecular weight is 362 g/mol. The Morgan fingerprint density at radius 2 is 1.93 bits per heavy atom. The SMILES string of the molecule is O=C(COc1ccc2ccccc2c1)N[C@H]1CCCN(c2ncccn2)C1. The molecule has 1 N–H and O–H groups in total. The van der Waals surface area contributed by atoms with Crippen molar-refractivity contribution < 1.29 is 9.53 Å². The normalized spacial score (nSPS) is 16.9.